The van der Waals surface area contributed by atoms with Crippen molar-refractivity contribution < 1.29 is 4.74 Å². The van der Waals surface area contributed by atoms with E-state index in [1.807, 2.05) is 12.1 Å². The zero-order chi connectivity index (χ0) is 9.54. The van der Waals surface area contributed by atoms with Gasteiger partial charge in [0, 0.05) is 23.5 Å². The van der Waals surface area contributed by atoms with Crippen LogP contribution in [0.2, 0.25) is 0 Å². The van der Waals surface area contributed by atoms with Crippen molar-refractivity contribution in [2.45, 2.75) is 0 Å². The van der Waals surface area contributed by atoms with Gasteiger partial charge in [0.25, 0.3) is 0 Å². The lowest BCUT2D eigenvalue weighted by molar-refractivity contribution is 0.418. The predicted molar refractivity (Wildman–Crippen MR) is 51.9 cm³/mol. The summed E-state index contributed by atoms with van der Waals surface area (Å²) < 4.78 is 5.35. The van der Waals surface area contributed by atoms with Crippen LogP contribution in [0.4, 0.5) is 0 Å². The second-order valence-electron chi connectivity index (χ2n) is 3.09. The lowest BCUT2D eigenvalue weighted by atomic mass is 10.1. The molecule has 2 aromatic rings. The molecular weight excluding hydrogens is 176 g/mol. The molecule has 1 aromatic heterocycles. The molecule has 0 saturated heterocycles. The number of rotatable bonds is 1. The van der Waals surface area contributed by atoms with Gasteiger partial charge in [-0.05, 0) is 12.1 Å². The Morgan fingerprint density at radius 3 is 2.79 bits per heavy atom. The minimum absolute atomic E-state index is 0.707. The Morgan fingerprint density at radius 1 is 1.29 bits per heavy atom. The molecule has 4 bridgehead atoms. The highest BCUT2D eigenvalue weighted by Gasteiger charge is 2.18. The van der Waals surface area contributed by atoms with E-state index < -0.39 is 0 Å². The minimum atomic E-state index is 0.707. The Hall–Kier alpha value is -1.90. The van der Waals surface area contributed by atoms with Crippen molar-refractivity contribution in [3.05, 3.63) is 30.6 Å². The number of hydrogen-bond donors (Lipinski definition) is 0. The second kappa shape index (κ2) is 2.54. The summed E-state index contributed by atoms with van der Waals surface area (Å²) in [5, 5.41) is 0. The Balaban J connectivity index is 2.48. The summed E-state index contributed by atoms with van der Waals surface area (Å²) in [6.45, 7) is 0. The molecule has 1 aromatic carbocycles. The standard InChI is InChI=1S/C11H7N2O/c1-14-10-8-3-2-4-9(10)11-12-5-7(8)6-13-11/h2,4-6H,1H3. The first-order chi connectivity index (χ1) is 6.90. The number of methoxy groups -OCH3 is 1. The molecule has 0 saturated carbocycles. The third-order valence-electron chi connectivity index (χ3n) is 2.33. The van der Waals surface area contributed by atoms with E-state index in [-0.39, 0.29) is 0 Å². The molecule has 0 fully saturated rings. The van der Waals surface area contributed by atoms with Crippen molar-refractivity contribution in [1.29, 1.82) is 0 Å². The molecule has 0 unspecified atom stereocenters. The molecule has 0 N–H and O–H groups in total. The molecule has 2 aliphatic heterocycles. The van der Waals surface area contributed by atoms with E-state index >= 15 is 0 Å². The summed E-state index contributed by atoms with van der Waals surface area (Å²) in [4.78, 5) is 8.48. The summed E-state index contributed by atoms with van der Waals surface area (Å²) >= 11 is 0. The van der Waals surface area contributed by atoms with Gasteiger partial charge < -0.3 is 4.74 Å². The van der Waals surface area contributed by atoms with Crippen LogP contribution < -0.4 is 4.74 Å². The molecule has 0 spiro atoms. The van der Waals surface area contributed by atoms with Crippen molar-refractivity contribution in [3.63, 3.8) is 0 Å². The molecule has 0 amide bonds. The van der Waals surface area contributed by atoms with Crippen molar-refractivity contribution in [2.24, 2.45) is 0 Å². The summed E-state index contributed by atoms with van der Waals surface area (Å²) in [6, 6.07) is 6.93. The van der Waals surface area contributed by atoms with Gasteiger partial charge in [-0.15, -0.1) is 0 Å². The smallest absolute Gasteiger partial charge is 0.162 e. The van der Waals surface area contributed by atoms with Gasteiger partial charge >= 0.3 is 0 Å². The molecule has 0 aliphatic carbocycles. The molecule has 67 valence electrons. The summed E-state index contributed by atoms with van der Waals surface area (Å²) in [5.74, 6) is 1.52. The molecule has 3 heterocycles. The van der Waals surface area contributed by atoms with Crippen LogP contribution in [0.5, 0.6) is 5.75 Å². The zero-order valence-electron chi connectivity index (χ0n) is 7.61. The number of nitrogens with zero attached hydrogens (tertiary/aromatic N) is 2. The molecule has 14 heavy (non-hydrogen) atoms. The average molecular weight is 183 g/mol. The number of hydrogen-bond acceptors (Lipinski definition) is 3. The highest BCUT2D eigenvalue weighted by molar-refractivity contribution is 5.81. The SMILES string of the molecule is COc1c2[c]ccc1-c1ncc-2cn1. The van der Waals surface area contributed by atoms with Crippen LogP contribution in [0.3, 0.4) is 0 Å². The largest absolute Gasteiger partial charge is 0.495 e. The van der Waals surface area contributed by atoms with Crippen LogP contribution in [0.1, 0.15) is 0 Å². The number of aromatic nitrogens is 2. The number of benzene rings is 1. The maximum absolute atomic E-state index is 5.35. The van der Waals surface area contributed by atoms with E-state index in [0.29, 0.717) is 5.82 Å². The Labute approximate surface area is 81.4 Å². The van der Waals surface area contributed by atoms with Gasteiger partial charge in [-0.2, -0.15) is 0 Å². The van der Waals surface area contributed by atoms with Crippen molar-refractivity contribution in [1.82, 2.24) is 9.97 Å². The first kappa shape index (κ1) is 7.50. The van der Waals surface area contributed by atoms with Crippen LogP contribution in [0, 0.1) is 6.07 Å². The van der Waals surface area contributed by atoms with E-state index in [9.17, 15) is 0 Å². The number of ether oxygens (including phenoxy) is 1. The Morgan fingerprint density at radius 2 is 2.07 bits per heavy atom. The minimum Gasteiger partial charge on any atom is -0.495 e. The third-order valence-corrected chi connectivity index (χ3v) is 2.33. The Bertz CT molecular complexity index is 450. The zero-order valence-corrected chi connectivity index (χ0v) is 7.61. The quantitative estimate of drug-likeness (QED) is 0.578. The second-order valence-corrected chi connectivity index (χ2v) is 3.09. The van der Waals surface area contributed by atoms with Crippen molar-refractivity contribution >= 4 is 0 Å². The average Bonchev–Trinajstić information content (AvgIpc) is 2.39. The molecule has 2 aliphatic rings. The predicted octanol–water partition coefficient (Wildman–Crippen LogP) is 1.93. The van der Waals surface area contributed by atoms with Crippen LogP contribution >= 0.6 is 0 Å². The first-order valence-electron chi connectivity index (χ1n) is 4.31. The first-order valence-corrected chi connectivity index (χ1v) is 4.31. The molecule has 3 nitrogen and oxygen atoms in total. The van der Waals surface area contributed by atoms with Crippen molar-refractivity contribution in [2.75, 3.05) is 7.11 Å². The molecular formula is C11H7N2O. The highest BCUT2D eigenvalue weighted by atomic mass is 16.5. The fourth-order valence-corrected chi connectivity index (χ4v) is 1.68. The lowest BCUT2D eigenvalue weighted by Crippen LogP contribution is -1.89. The van der Waals surface area contributed by atoms with Gasteiger partial charge in [0.05, 0.1) is 12.7 Å². The normalized spacial score (nSPS) is 11.2. The van der Waals surface area contributed by atoms with E-state index in [4.69, 9.17) is 4.74 Å². The van der Waals surface area contributed by atoms with E-state index in [2.05, 4.69) is 16.0 Å². The fourth-order valence-electron chi connectivity index (χ4n) is 1.68. The van der Waals surface area contributed by atoms with Crippen molar-refractivity contribution in [3.8, 4) is 28.3 Å². The van der Waals surface area contributed by atoms with Gasteiger partial charge in [0.2, 0.25) is 0 Å². The highest BCUT2D eigenvalue weighted by Crippen LogP contribution is 2.39. The van der Waals surface area contributed by atoms with Crippen LogP contribution in [0.25, 0.3) is 22.5 Å². The molecule has 0 atom stereocenters. The maximum atomic E-state index is 5.35. The van der Waals surface area contributed by atoms with Crippen LogP contribution in [-0.2, 0) is 0 Å². The summed E-state index contributed by atoms with van der Waals surface area (Å²) in [7, 11) is 1.65. The van der Waals surface area contributed by atoms with Crippen LogP contribution in [0.15, 0.2) is 24.5 Å². The molecule has 4 rings (SSSR count). The third kappa shape index (κ3) is 0.812. The van der Waals surface area contributed by atoms with Gasteiger partial charge in [-0.3, -0.25) is 0 Å². The van der Waals surface area contributed by atoms with Crippen LogP contribution in [-0.4, -0.2) is 17.1 Å². The summed E-state index contributed by atoms with van der Waals surface area (Å²) in [5.41, 5.74) is 2.82. The topological polar surface area (TPSA) is 35.0 Å². The fraction of sp³-hybridized carbons (Fsp3) is 0.0909. The maximum Gasteiger partial charge on any atom is 0.162 e. The summed E-state index contributed by atoms with van der Waals surface area (Å²) in [6.07, 6.45) is 3.59. The van der Waals surface area contributed by atoms with Gasteiger partial charge in [-0.1, -0.05) is 6.07 Å². The molecule has 1 radical (unpaired) electrons. The van der Waals surface area contributed by atoms with Gasteiger partial charge in [0.15, 0.2) is 5.82 Å². The lowest BCUT2D eigenvalue weighted by Gasteiger charge is -2.06. The Kier molecular flexibility index (Phi) is 1.36. The van der Waals surface area contributed by atoms with E-state index in [1.54, 1.807) is 19.5 Å². The van der Waals surface area contributed by atoms with Gasteiger partial charge in [0.1, 0.15) is 5.75 Å². The molecule has 3 heteroatoms. The van der Waals surface area contributed by atoms with E-state index in [0.717, 1.165) is 22.4 Å². The number of fused-ring (bicyclic) bond motifs is 2. The van der Waals surface area contributed by atoms with E-state index in [1.165, 1.54) is 0 Å². The monoisotopic (exact) mass is 183 g/mol. The van der Waals surface area contributed by atoms with Gasteiger partial charge in [-0.25, -0.2) is 9.97 Å².